The second-order valence-corrected chi connectivity index (χ2v) is 4.84. The van der Waals surface area contributed by atoms with Crippen LogP contribution >= 0.6 is 54.5 Å². The van der Waals surface area contributed by atoms with Gasteiger partial charge in [-0.05, 0) is 62.6 Å². The van der Waals surface area contributed by atoms with Gasteiger partial charge in [-0.3, -0.25) is 0 Å². The predicted molar refractivity (Wildman–Crippen MR) is 64.2 cm³/mol. The van der Waals surface area contributed by atoms with Crippen LogP contribution in [0.4, 0.5) is 0 Å². The van der Waals surface area contributed by atoms with Gasteiger partial charge in [0.1, 0.15) is 0 Å². The van der Waals surface area contributed by atoms with Crippen LogP contribution in [0, 0.1) is 10.5 Å². The first kappa shape index (κ1) is 9.99. The lowest BCUT2D eigenvalue weighted by atomic mass is 10.2. The number of alkyl halides is 1. The van der Waals surface area contributed by atoms with Crippen molar-refractivity contribution in [2.75, 3.05) is 0 Å². The molecule has 1 aromatic rings. The number of hydrogen-bond donors (Lipinski definition) is 0. The molecule has 0 aliphatic carbocycles. The highest BCUT2D eigenvalue weighted by atomic mass is 127. The minimum atomic E-state index is 0.920. The topological polar surface area (TPSA) is 0 Å². The molecule has 0 aliphatic rings. The molecule has 0 aliphatic heterocycles. The van der Waals surface area contributed by atoms with E-state index in [0.717, 1.165) is 5.33 Å². The molecular formula is C8H7Br2I. The fourth-order valence-electron chi connectivity index (χ4n) is 0.875. The first-order valence-corrected chi connectivity index (χ1v) is 6.15. The Labute approximate surface area is 97.2 Å². The molecule has 60 valence electrons. The number of hydrogen-bond acceptors (Lipinski definition) is 0. The minimum Gasteiger partial charge on any atom is -0.0876 e. The van der Waals surface area contributed by atoms with Gasteiger partial charge in [-0.1, -0.05) is 22.0 Å². The summed E-state index contributed by atoms with van der Waals surface area (Å²) in [6.45, 7) is 2.12. The number of benzene rings is 1. The summed E-state index contributed by atoms with van der Waals surface area (Å²) in [5, 5.41) is 0.920. The Morgan fingerprint density at radius 2 is 2.09 bits per heavy atom. The molecule has 0 saturated heterocycles. The summed E-state index contributed by atoms with van der Waals surface area (Å²) in [6.07, 6.45) is 0. The quantitative estimate of drug-likeness (QED) is 0.497. The number of aryl methyl sites for hydroxylation is 1. The largest absolute Gasteiger partial charge is 0.0876 e. The number of rotatable bonds is 1. The van der Waals surface area contributed by atoms with Gasteiger partial charge in [-0.2, -0.15) is 0 Å². The SMILES string of the molecule is Cc1cc(CBr)cc(Br)c1I. The third kappa shape index (κ3) is 2.42. The predicted octanol–water partition coefficient (Wildman–Crippen LogP) is 4.26. The van der Waals surface area contributed by atoms with E-state index in [1.165, 1.54) is 19.2 Å². The van der Waals surface area contributed by atoms with Gasteiger partial charge in [0.15, 0.2) is 0 Å². The Bertz CT molecular complexity index is 248. The highest BCUT2D eigenvalue weighted by Crippen LogP contribution is 2.25. The second kappa shape index (κ2) is 4.23. The molecule has 0 bridgehead atoms. The normalized spacial score (nSPS) is 10.2. The van der Waals surface area contributed by atoms with Crippen molar-refractivity contribution in [2.45, 2.75) is 12.3 Å². The van der Waals surface area contributed by atoms with Gasteiger partial charge in [-0.15, -0.1) is 0 Å². The van der Waals surface area contributed by atoms with Crippen LogP contribution in [0.1, 0.15) is 11.1 Å². The molecule has 0 spiro atoms. The Kier molecular flexibility index (Phi) is 3.85. The van der Waals surface area contributed by atoms with Crippen LogP contribution in [0.3, 0.4) is 0 Å². The van der Waals surface area contributed by atoms with E-state index in [2.05, 4.69) is 73.5 Å². The van der Waals surface area contributed by atoms with Crippen molar-refractivity contribution in [1.82, 2.24) is 0 Å². The van der Waals surface area contributed by atoms with Crippen molar-refractivity contribution < 1.29 is 0 Å². The molecule has 0 unspecified atom stereocenters. The van der Waals surface area contributed by atoms with Gasteiger partial charge in [0, 0.05) is 13.4 Å². The van der Waals surface area contributed by atoms with Crippen LogP contribution in [-0.4, -0.2) is 0 Å². The molecule has 0 heterocycles. The van der Waals surface area contributed by atoms with E-state index >= 15 is 0 Å². The molecule has 3 heteroatoms. The van der Waals surface area contributed by atoms with Crippen molar-refractivity contribution >= 4 is 54.5 Å². The maximum atomic E-state index is 3.51. The monoisotopic (exact) mass is 388 g/mol. The summed E-state index contributed by atoms with van der Waals surface area (Å²) >= 11 is 9.28. The summed E-state index contributed by atoms with van der Waals surface area (Å²) in [5.41, 5.74) is 2.64. The standard InChI is InChI=1S/C8H7Br2I/c1-5-2-6(4-9)3-7(10)8(5)11/h2-3H,4H2,1H3. The van der Waals surface area contributed by atoms with Crippen molar-refractivity contribution in [3.63, 3.8) is 0 Å². The molecule has 1 aromatic carbocycles. The van der Waals surface area contributed by atoms with Gasteiger partial charge in [0.25, 0.3) is 0 Å². The van der Waals surface area contributed by atoms with Crippen molar-refractivity contribution in [2.24, 2.45) is 0 Å². The lowest BCUT2D eigenvalue weighted by molar-refractivity contribution is 1.32. The molecular weight excluding hydrogens is 383 g/mol. The molecule has 0 fully saturated rings. The third-order valence-electron chi connectivity index (χ3n) is 1.42. The second-order valence-electron chi connectivity index (χ2n) is 2.34. The Balaban J connectivity index is 3.21. The molecule has 1 rings (SSSR count). The lowest BCUT2D eigenvalue weighted by Crippen LogP contribution is -1.85. The van der Waals surface area contributed by atoms with Gasteiger partial charge < -0.3 is 0 Å². The van der Waals surface area contributed by atoms with Crippen LogP contribution in [0.15, 0.2) is 16.6 Å². The van der Waals surface area contributed by atoms with E-state index < -0.39 is 0 Å². The molecule has 0 amide bonds. The molecule has 0 saturated carbocycles. The highest BCUT2D eigenvalue weighted by molar-refractivity contribution is 14.1. The smallest absolute Gasteiger partial charge is 0.0314 e. The molecule has 0 radical (unpaired) electrons. The van der Waals surface area contributed by atoms with Crippen LogP contribution in [-0.2, 0) is 5.33 Å². The van der Waals surface area contributed by atoms with E-state index in [4.69, 9.17) is 0 Å². The first-order chi connectivity index (χ1) is 5.15. The first-order valence-electron chi connectivity index (χ1n) is 3.15. The van der Waals surface area contributed by atoms with Gasteiger partial charge >= 0.3 is 0 Å². The molecule has 0 nitrogen and oxygen atoms in total. The number of halogens is 3. The van der Waals surface area contributed by atoms with Crippen LogP contribution in [0.5, 0.6) is 0 Å². The van der Waals surface area contributed by atoms with E-state index in [1.807, 2.05) is 0 Å². The van der Waals surface area contributed by atoms with Crippen LogP contribution in [0.25, 0.3) is 0 Å². The zero-order valence-electron chi connectivity index (χ0n) is 6.00. The van der Waals surface area contributed by atoms with Gasteiger partial charge in [0.2, 0.25) is 0 Å². The molecule has 0 N–H and O–H groups in total. The molecule has 0 aromatic heterocycles. The van der Waals surface area contributed by atoms with Crippen molar-refractivity contribution in [1.29, 1.82) is 0 Å². The van der Waals surface area contributed by atoms with Crippen molar-refractivity contribution in [3.8, 4) is 0 Å². The maximum absolute atomic E-state index is 3.51. The maximum Gasteiger partial charge on any atom is 0.0314 e. The van der Waals surface area contributed by atoms with E-state index in [0.29, 0.717) is 0 Å². The molecule has 0 atom stereocenters. The van der Waals surface area contributed by atoms with Gasteiger partial charge in [0.05, 0.1) is 0 Å². The van der Waals surface area contributed by atoms with Crippen LogP contribution < -0.4 is 0 Å². The summed E-state index contributed by atoms with van der Waals surface area (Å²) in [7, 11) is 0. The zero-order chi connectivity index (χ0) is 8.43. The Morgan fingerprint density at radius 3 is 2.55 bits per heavy atom. The van der Waals surface area contributed by atoms with E-state index in [1.54, 1.807) is 0 Å². The van der Waals surface area contributed by atoms with Gasteiger partial charge in [-0.25, -0.2) is 0 Å². The van der Waals surface area contributed by atoms with Crippen molar-refractivity contribution in [3.05, 3.63) is 31.3 Å². The average molecular weight is 390 g/mol. The highest BCUT2D eigenvalue weighted by Gasteiger charge is 2.01. The summed E-state index contributed by atoms with van der Waals surface area (Å²) < 4.78 is 2.49. The zero-order valence-corrected chi connectivity index (χ0v) is 11.3. The fraction of sp³-hybridized carbons (Fsp3) is 0.250. The van der Waals surface area contributed by atoms with E-state index in [9.17, 15) is 0 Å². The average Bonchev–Trinajstić information content (AvgIpc) is 1.99. The Hall–Kier alpha value is 0.910. The summed E-state index contributed by atoms with van der Waals surface area (Å²) in [5.74, 6) is 0. The minimum absolute atomic E-state index is 0.920. The summed E-state index contributed by atoms with van der Waals surface area (Å²) in [6, 6.07) is 4.34. The van der Waals surface area contributed by atoms with E-state index in [-0.39, 0.29) is 0 Å². The fourth-order valence-corrected chi connectivity index (χ4v) is 2.12. The molecule has 11 heavy (non-hydrogen) atoms. The third-order valence-corrected chi connectivity index (χ3v) is 4.87. The lowest BCUT2D eigenvalue weighted by Gasteiger charge is -2.03. The van der Waals surface area contributed by atoms with Crippen LogP contribution in [0.2, 0.25) is 0 Å². The Morgan fingerprint density at radius 1 is 1.45 bits per heavy atom. The summed E-state index contributed by atoms with van der Waals surface area (Å²) in [4.78, 5) is 0.